The summed E-state index contributed by atoms with van der Waals surface area (Å²) in [6.45, 7) is 6.70. The maximum Gasteiger partial charge on any atom is 0.635 e. The number of unbranched alkanes of at least 4 members (excludes halogenated alkanes) is 30. The third-order valence-electron chi connectivity index (χ3n) is 9.91. The second-order valence-corrected chi connectivity index (χ2v) is 17.7. The van der Waals surface area contributed by atoms with E-state index in [9.17, 15) is 9.59 Å². The van der Waals surface area contributed by atoms with Gasteiger partial charge in [0.2, 0.25) is 0 Å². The van der Waals surface area contributed by atoms with Crippen LogP contribution >= 0.6 is 12.2 Å². The van der Waals surface area contributed by atoms with E-state index in [0.717, 1.165) is 44.9 Å². The van der Waals surface area contributed by atoms with Gasteiger partial charge in [0, 0.05) is 26.0 Å². The van der Waals surface area contributed by atoms with Crippen LogP contribution in [0.3, 0.4) is 0 Å². The smallest absolute Gasteiger partial charge is 0.504 e. The summed E-state index contributed by atoms with van der Waals surface area (Å²) in [6.07, 6.45) is 42.5. The van der Waals surface area contributed by atoms with Gasteiger partial charge in [-0.25, -0.2) is 0 Å². The summed E-state index contributed by atoms with van der Waals surface area (Å²) in [7, 11) is -1.81. The normalized spacial score (nSPS) is 11.2. The van der Waals surface area contributed by atoms with Crippen LogP contribution in [0, 0.1) is 0 Å². The van der Waals surface area contributed by atoms with E-state index in [1.54, 1.807) is 7.11 Å². The molecule has 0 amide bonds. The Bertz CT molecular complexity index is 689. The minimum Gasteiger partial charge on any atom is -0.504 e. The maximum absolute atomic E-state index is 12.8. The van der Waals surface area contributed by atoms with E-state index in [0.29, 0.717) is 24.4 Å². The minimum absolute atomic E-state index is 0.269. The Labute approximate surface area is 324 Å². The van der Waals surface area contributed by atoms with Crippen molar-refractivity contribution in [2.75, 3.05) is 7.11 Å². The summed E-state index contributed by atoms with van der Waals surface area (Å²) < 4.78 is 17.5. The van der Waals surface area contributed by atoms with E-state index in [-0.39, 0.29) is 11.9 Å². The van der Waals surface area contributed by atoms with Gasteiger partial charge in [0.25, 0.3) is 11.9 Å². The molecule has 0 aromatic rings. The lowest BCUT2D eigenvalue weighted by molar-refractivity contribution is -0.145. The first-order valence-corrected chi connectivity index (χ1v) is 24.4. The lowest BCUT2D eigenvalue weighted by Gasteiger charge is -2.27. The van der Waals surface area contributed by atoms with Gasteiger partial charge in [0.05, 0.1) is 0 Å². The molecule has 0 fully saturated rings. The molecule has 6 nitrogen and oxygen atoms in total. The van der Waals surface area contributed by atoms with Gasteiger partial charge in [-0.3, -0.25) is 9.59 Å². The monoisotopic (exact) mass is 759 g/mol. The van der Waals surface area contributed by atoms with E-state index in [4.69, 9.17) is 18.4 Å². The quantitative estimate of drug-likeness (QED) is 0.0380. The second kappa shape index (κ2) is 43.4. The average molecular weight is 759 g/mol. The van der Waals surface area contributed by atoms with Crippen LogP contribution in [-0.2, 0) is 22.9 Å². The topological polar surface area (TPSA) is 82.1 Å². The Morgan fingerprint density at radius 1 is 0.451 bits per heavy atom. The number of carbonyl (C=O) groups excluding carboxylic acids is 2. The Kier molecular flexibility index (Phi) is 44.4. The molecular weight excluding hydrogens is 673 g/mol. The van der Waals surface area contributed by atoms with Crippen LogP contribution in [0.5, 0.6) is 0 Å². The van der Waals surface area contributed by atoms with E-state index >= 15 is 0 Å². The van der Waals surface area contributed by atoms with Crippen molar-refractivity contribution in [2.24, 2.45) is 0 Å². The van der Waals surface area contributed by atoms with Crippen LogP contribution in [0.2, 0.25) is 6.04 Å². The summed E-state index contributed by atoms with van der Waals surface area (Å²) in [4.78, 5) is 25.6. The summed E-state index contributed by atoms with van der Waals surface area (Å²) >= 11 is 3.82. The van der Waals surface area contributed by atoms with Gasteiger partial charge < -0.3 is 18.4 Å². The Balaban J connectivity index is 0. The second-order valence-electron chi connectivity index (χ2n) is 14.8. The highest BCUT2D eigenvalue weighted by molar-refractivity contribution is 7.78. The Morgan fingerprint density at radius 3 is 0.902 bits per heavy atom. The predicted octanol–water partition coefficient (Wildman–Crippen LogP) is 14.9. The molecule has 0 aliphatic carbocycles. The Hall–Kier alpha value is -0.993. The summed E-state index contributed by atoms with van der Waals surface area (Å²) in [5.74, 6) is -0.538. The van der Waals surface area contributed by atoms with Crippen molar-refractivity contribution in [2.45, 2.75) is 252 Å². The molecule has 0 spiro atoms. The highest BCUT2D eigenvalue weighted by atomic mass is 32.1. The van der Waals surface area contributed by atoms with Crippen LogP contribution in [0.25, 0.3) is 0 Å². The summed E-state index contributed by atoms with van der Waals surface area (Å²) in [5, 5.41) is 7.26. The molecule has 1 N–H and O–H groups in total. The van der Waals surface area contributed by atoms with Crippen molar-refractivity contribution < 1.29 is 28.0 Å². The maximum atomic E-state index is 12.8. The van der Waals surface area contributed by atoms with E-state index in [1.165, 1.54) is 167 Å². The summed E-state index contributed by atoms with van der Waals surface area (Å²) in [5.41, 5.74) is 0.583. The average Bonchev–Trinajstić information content (AvgIpc) is 3.12. The zero-order valence-electron chi connectivity index (χ0n) is 34.4. The SMILES string of the molecule is CCCCCCCCCCCCCCCCCC(=O)O[Si](CCCCC)(OC)OC(=O)CCCCCCCCCCCCCCCCC.OC=S. The molecule has 0 atom stereocenters. The van der Waals surface area contributed by atoms with Gasteiger partial charge in [-0.1, -0.05) is 213 Å². The number of thiocarbonyl (C=S) groups is 1. The molecule has 0 aliphatic heterocycles. The zero-order chi connectivity index (χ0) is 37.9. The van der Waals surface area contributed by atoms with Gasteiger partial charge in [-0.2, -0.15) is 0 Å². The third kappa shape index (κ3) is 40.0. The molecule has 0 bridgehead atoms. The van der Waals surface area contributed by atoms with Crippen LogP contribution < -0.4 is 0 Å². The predicted molar refractivity (Wildman–Crippen MR) is 225 cm³/mol. The molecular formula is C43H86O6SSi. The fraction of sp³-hybridized carbons (Fsp3) is 0.930. The van der Waals surface area contributed by atoms with Crippen molar-refractivity contribution >= 4 is 38.5 Å². The molecule has 0 unspecified atom stereocenters. The molecule has 0 saturated heterocycles. The molecule has 0 heterocycles. The van der Waals surface area contributed by atoms with E-state index in [2.05, 4.69) is 33.0 Å². The zero-order valence-corrected chi connectivity index (χ0v) is 36.2. The number of aliphatic hydroxyl groups excluding tert-OH is 1. The Morgan fingerprint density at radius 2 is 0.667 bits per heavy atom. The van der Waals surface area contributed by atoms with Gasteiger partial charge in [0.15, 0.2) is 0 Å². The van der Waals surface area contributed by atoms with Crippen molar-refractivity contribution in [1.29, 1.82) is 0 Å². The summed E-state index contributed by atoms with van der Waals surface area (Å²) in [6, 6.07) is 0.520. The fourth-order valence-electron chi connectivity index (χ4n) is 6.63. The lowest BCUT2D eigenvalue weighted by atomic mass is 10.0. The van der Waals surface area contributed by atoms with Gasteiger partial charge in [-0.05, 0) is 31.5 Å². The fourth-order valence-corrected chi connectivity index (χ4v) is 8.83. The molecule has 304 valence electrons. The largest absolute Gasteiger partial charge is 0.635 e. The lowest BCUT2D eigenvalue weighted by Crippen LogP contribution is -2.48. The van der Waals surface area contributed by atoms with Gasteiger partial charge in [-0.15, -0.1) is 0 Å². The number of rotatable bonds is 39. The molecule has 0 aromatic carbocycles. The van der Waals surface area contributed by atoms with Gasteiger partial charge >= 0.3 is 8.80 Å². The van der Waals surface area contributed by atoms with Crippen LogP contribution in [0.15, 0.2) is 0 Å². The first kappa shape index (κ1) is 52.1. The molecule has 8 heteroatoms. The highest BCUT2D eigenvalue weighted by Gasteiger charge is 2.47. The number of hydrogen-bond donors (Lipinski definition) is 1. The van der Waals surface area contributed by atoms with Crippen molar-refractivity contribution in [3.63, 3.8) is 0 Å². The first-order valence-electron chi connectivity index (χ1n) is 22.0. The third-order valence-corrected chi connectivity index (χ3v) is 12.6. The highest BCUT2D eigenvalue weighted by Crippen LogP contribution is 2.23. The molecule has 51 heavy (non-hydrogen) atoms. The molecule has 0 aliphatic rings. The van der Waals surface area contributed by atoms with Crippen molar-refractivity contribution in [3.05, 3.63) is 0 Å². The molecule has 0 saturated carbocycles. The van der Waals surface area contributed by atoms with Crippen LogP contribution in [0.4, 0.5) is 0 Å². The molecule has 0 rings (SSSR count). The van der Waals surface area contributed by atoms with Crippen molar-refractivity contribution in [1.82, 2.24) is 0 Å². The molecule has 0 aromatic heterocycles. The van der Waals surface area contributed by atoms with Crippen molar-refractivity contribution in [3.8, 4) is 0 Å². The molecule has 0 radical (unpaired) electrons. The first-order chi connectivity index (χ1) is 24.9. The number of carbonyl (C=O) groups is 2. The van der Waals surface area contributed by atoms with E-state index in [1.807, 2.05) is 0 Å². The van der Waals surface area contributed by atoms with Crippen LogP contribution in [-0.4, -0.2) is 38.5 Å². The number of aliphatic hydroxyl groups is 1. The number of hydrogen-bond acceptors (Lipinski definition) is 6. The van der Waals surface area contributed by atoms with E-state index < -0.39 is 8.80 Å². The minimum atomic E-state index is -3.35. The van der Waals surface area contributed by atoms with Gasteiger partial charge in [0.1, 0.15) is 5.55 Å². The standard InChI is InChI=1S/C42H84O5Si.CH2OS/c1-5-8-11-13-15-17-19-21-23-25-27-29-31-33-35-38-41(43)46-48(45-4,40-37-10-7-3)47-42(44)39-36-34-32-30-28-26-24-22-20-18-16-14-12-9-6-2;2-1-3/h5-40H2,1-4H3;1H,(H,2,3). The van der Waals surface area contributed by atoms with Crippen LogP contribution in [0.1, 0.15) is 245 Å².